The van der Waals surface area contributed by atoms with Gasteiger partial charge in [0, 0.05) is 37.0 Å². The first-order valence-electron chi connectivity index (χ1n) is 6.29. The molecular weight excluding hydrogens is 230 g/mol. The number of aryl methyl sites for hydroxylation is 1. The van der Waals surface area contributed by atoms with Crippen LogP contribution >= 0.6 is 0 Å². The monoisotopic (exact) mass is 249 g/mol. The number of benzene rings is 1. The minimum Gasteiger partial charge on any atom is -0.367 e. The maximum atomic E-state index is 10.9. The normalized spacial score (nSPS) is 19.2. The molecule has 1 atom stereocenters. The van der Waals surface area contributed by atoms with Crippen molar-refractivity contribution in [3.63, 3.8) is 0 Å². The minimum absolute atomic E-state index is 0.172. The summed E-state index contributed by atoms with van der Waals surface area (Å²) in [5, 5.41) is 14.1. The highest BCUT2D eigenvalue weighted by Gasteiger charge is 2.26. The van der Waals surface area contributed by atoms with Crippen LogP contribution in [0.1, 0.15) is 18.4 Å². The molecule has 0 spiro atoms. The molecule has 2 rings (SSSR count). The average molecular weight is 249 g/mol. The number of likely N-dealkylation sites (N-methyl/N-ethyl adjacent to an activating group) is 1. The van der Waals surface area contributed by atoms with E-state index in [0.29, 0.717) is 6.04 Å². The number of anilines is 1. The van der Waals surface area contributed by atoms with Crippen molar-refractivity contribution in [2.24, 2.45) is 0 Å². The van der Waals surface area contributed by atoms with Gasteiger partial charge < -0.3 is 10.2 Å². The molecule has 1 unspecified atom stereocenters. The molecule has 0 saturated carbocycles. The molecule has 5 heteroatoms. The predicted octanol–water partition coefficient (Wildman–Crippen LogP) is 2.09. The van der Waals surface area contributed by atoms with Crippen molar-refractivity contribution in [1.82, 2.24) is 5.32 Å². The molecule has 0 bridgehead atoms. The molecule has 18 heavy (non-hydrogen) atoms. The highest BCUT2D eigenvalue weighted by molar-refractivity contribution is 5.60. The summed E-state index contributed by atoms with van der Waals surface area (Å²) in [5.41, 5.74) is 2.27. The van der Waals surface area contributed by atoms with E-state index in [2.05, 4.69) is 10.2 Å². The van der Waals surface area contributed by atoms with Crippen molar-refractivity contribution in [2.75, 3.05) is 25.0 Å². The average Bonchev–Trinajstić information content (AvgIpc) is 2.78. The Kier molecular flexibility index (Phi) is 3.81. The molecule has 1 fully saturated rings. The third-order valence-corrected chi connectivity index (χ3v) is 3.53. The van der Waals surface area contributed by atoms with E-state index in [0.717, 1.165) is 37.2 Å². The number of nitro groups is 1. The molecule has 1 saturated heterocycles. The molecule has 1 aromatic carbocycles. The maximum Gasteiger partial charge on any atom is 0.271 e. The lowest BCUT2D eigenvalue weighted by Gasteiger charge is -2.28. The lowest BCUT2D eigenvalue weighted by atomic mass is 10.1. The fraction of sp³-hybridized carbons (Fsp3) is 0.538. The van der Waals surface area contributed by atoms with Crippen LogP contribution in [0, 0.1) is 17.0 Å². The van der Waals surface area contributed by atoms with Crippen molar-refractivity contribution in [3.8, 4) is 0 Å². The quantitative estimate of drug-likeness (QED) is 0.655. The van der Waals surface area contributed by atoms with Crippen LogP contribution < -0.4 is 10.2 Å². The van der Waals surface area contributed by atoms with Gasteiger partial charge in [0.2, 0.25) is 0 Å². The summed E-state index contributed by atoms with van der Waals surface area (Å²) in [6.45, 7) is 3.91. The van der Waals surface area contributed by atoms with Gasteiger partial charge in [-0.1, -0.05) is 6.07 Å². The van der Waals surface area contributed by atoms with Crippen LogP contribution in [0.15, 0.2) is 18.2 Å². The summed E-state index contributed by atoms with van der Waals surface area (Å²) >= 11 is 0. The second kappa shape index (κ2) is 5.35. The van der Waals surface area contributed by atoms with Gasteiger partial charge in [-0.05, 0) is 32.4 Å². The zero-order chi connectivity index (χ0) is 13.1. The van der Waals surface area contributed by atoms with E-state index in [-0.39, 0.29) is 10.6 Å². The second-order valence-electron chi connectivity index (χ2n) is 4.78. The maximum absolute atomic E-state index is 10.9. The third-order valence-electron chi connectivity index (χ3n) is 3.53. The highest BCUT2D eigenvalue weighted by Crippen LogP contribution is 2.31. The largest absolute Gasteiger partial charge is 0.367 e. The molecule has 0 radical (unpaired) electrons. The highest BCUT2D eigenvalue weighted by atomic mass is 16.6. The third kappa shape index (κ3) is 2.46. The van der Waals surface area contributed by atoms with Gasteiger partial charge in [0.1, 0.15) is 0 Å². The van der Waals surface area contributed by atoms with E-state index in [1.54, 1.807) is 12.1 Å². The summed E-state index contributed by atoms with van der Waals surface area (Å²) in [6, 6.07) is 5.55. The number of nitrogens with one attached hydrogen (secondary N) is 1. The van der Waals surface area contributed by atoms with Gasteiger partial charge in [-0.3, -0.25) is 10.1 Å². The Morgan fingerprint density at radius 1 is 1.56 bits per heavy atom. The Bertz CT molecular complexity index is 448. The number of nitro benzene ring substituents is 1. The Morgan fingerprint density at radius 2 is 2.33 bits per heavy atom. The van der Waals surface area contributed by atoms with Gasteiger partial charge in [-0.2, -0.15) is 0 Å². The molecule has 1 aliphatic heterocycles. The van der Waals surface area contributed by atoms with Gasteiger partial charge in [-0.25, -0.2) is 0 Å². The standard InChI is InChI=1S/C13H19N3O2/c1-10-5-6-11(16(17)18)8-13(10)15-7-3-4-12(15)9-14-2/h5-6,8,12,14H,3-4,7,9H2,1-2H3. The van der Waals surface area contributed by atoms with Crippen LogP contribution in [-0.4, -0.2) is 31.1 Å². The van der Waals surface area contributed by atoms with Crippen molar-refractivity contribution in [3.05, 3.63) is 33.9 Å². The molecule has 1 heterocycles. The zero-order valence-electron chi connectivity index (χ0n) is 10.8. The van der Waals surface area contributed by atoms with Crippen molar-refractivity contribution >= 4 is 11.4 Å². The van der Waals surface area contributed by atoms with Gasteiger partial charge in [0.25, 0.3) is 5.69 Å². The molecule has 98 valence electrons. The molecule has 0 aliphatic carbocycles. The van der Waals surface area contributed by atoms with Crippen LogP contribution in [0.5, 0.6) is 0 Å². The van der Waals surface area contributed by atoms with Crippen molar-refractivity contribution < 1.29 is 4.92 Å². The van der Waals surface area contributed by atoms with Crippen molar-refractivity contribution in [2.45, 2.75) is 25.8 Å². The van der Waals surface area contributed by atoms with Gasteiger partial charge >= 0.3 is 0 Å². The lowest BCUT2D eigenvalue weighted by molar-refractivity contribution is -0.384. The Balaban J connectivity index is 2.31. The van der Waals surface area contributed by atoms with Crippen LogP contribution in [0.25, 0.3) is 0 Å². The topological polar surface area (TPSA) is 58.4 Å². The summed E-state index contributed by atoms with van der Waals surface area (Å²) in [7, 11) is 1.94. The predicted molar refractivity (Wildman–Crippen MR) is 72.1 cm³/mol. The van der Waals surface area contributed by atoms with Crippen LogP contribution in [0.2, 0.25) is 0 Å². The first-order chi connectivity index (χ1) is 8.63. The van der Waals surface area contributed by atoms with Crippen molar-refractivity contribution in [1.29, 1.82) is 0 Å². The molecule has 1 aliphatic rings. The minimum atomic E-state index is -0.327. The van der Waals surface area contributed by atoms with E-state index in [1.807, 2.05) is 20.0 Å². The van der Waals surface area contributed by atoms with E-state index in [1.165, 1.54) is 0 Å². The van der Waals surface area contributed by atoms with E-state index < -0.39 is 0 Å². The SMILES string of the molecule is CNCC1CCCN1c1cc([N+](=O)[O-])ccc1C. The molecule has 1 N–H and O–H groups in total. The van der Waals surface area contributed by atoms with E-state index >= 15 is 0 Å². The number of hydrogen-bond donors (Lipinski definition) is 1. The van der Waals surface area contributed by atoms with Gasteiger partial charge in [0.05, 0.1) is 4.92 Å². The fourth-order valence-electron chi connectivity index (χ4n) is 2.62. The number of nitrogens with zero attached hydrogens (tertiary/aromatic N) is 2. The Labute approximate surface area is 107 Å². The summed E-state index contributed by atoms with van der Waals surface area (Å²) in [5.74, 6) is 0. The van der Waals surface area contributed by atoms with Crippen LogP contribution in [-0.2, 0) is 0 Å². The van der Waals surface area contributed by atoms with Crippen LogP contribution in [0.4, 0.5) is 11.4 Å². The number of rotatable bonds is 4. The summed E-state index contributed by atoms with van der Waals surface area (Å²) in [6.07, 6.45) is 2.29. The first kappa shape index (κ1) is 12.8. The Morgan fingerprint density at radius 3 is 3.00 bits per heavy atom. The molecule has 0 amide bonds. The molecule has 5 nitrogen and oxygen atoms in total. The van der Waals surface area contributed by atoms with E-state index in [4.69, 9.17) is 0 Å². The smallest absolute Gasteiger partial charge is 0.271 e. The fourth-order valence-corrected chi connectivity index (χ4v) is 2.62. The zero-order valence-corrected chi connectivity index (χ0v) is 10.8. The summed E-state index contributed by atoms with van der Waals surface area (Å²) < 4.78 is 0. The number of non-ortho nitro benzene ring substituents is 1. The van der Waals surface area contributed by atoms with Gasteiger partial charge in [-0.15, -0.1) is 0 Å². The molecule has 1 aromatic rings. The van der Waals surface area contributed by atoms with Gasteiger partial charge in [0.15, 0.2) is 0 Å². The Hall–Kier alpha value is -1.62. The lowest BCUT2D eigenvalue weighted by Crippen LogP contribution is -2.37. The second-order valence-corrected chi connectivity index (χ2v) is 4.78. The summed E-state index contributed by atoms with van der Waals surface area (Å²) in [4.78, 5) is 12.8. The number of hydrogen-bond acceptors (Lipinski definition) is 4. The van der Waals surface area contributed by atoms with Crippen LogP contribution in [0.3, 0.4) is 0 Å². The first-order valence-corrected chi connectivity index (χ1v) is 6.29. The van der Waals surface area contributed by atoms with E-state index in [9.17, 15) is 10.1 Å². The molecule has 0 aromatic heterocycles. The molecular formula is C13H19N3O2.